The van der Waals surface area contributed by atoms with Crippen LogP contribution in [0.25, 0.3) is 10.9 Å². The van der Waals surface area contributed by atoms with Crippen LogP contribution in [0.5, 0.6) is 0 Å². The van der Waals surface area contributed by atoms with Gasteiger partial charge in [-0.05, 0) is 42.8 Å². The lowest BCUT2D eigenvalue weighted by molar-refractivity contribution is -0.124. The van der Waals surface area contributed by atoms with Gasteiger partial charge in [-0.1, -0.05) is 6.07 Å². The van der Waals surface area contributed by atoms with Crippen molar-refractivity contribution in [1.82, 2.24) is 19.9 Å². The lowest BCUT2D eigenvalue weighted by atomic mass is 10.1. The Morgan fingerprint density at radius 2 is 1.84 bits per heavy atom. The average Bonchev–Trinajstić information content (AvgIpc) is 3.19. The Morgan fingerprint density at radius 3 is 2.58 bits per heavy atom. The number of amides is 1. The number of carbonyl (C=O) groups excluding carboxylic acids is 2. The summed E-state index contributed by atoms with van der Waals surface area (Å²) < 4.78 is 0. The molecule has 1 amide bonds. The highest BCUT2D eigenvalue weighted by Gasteiger charge is 2.21. The number of aryl methyl sites for hydroxylation is 1. The molecule has 4 rings (SSSR count). The number of aromatic amines is 1. The molecule has 3 N–H and O–H groups in total. The molecule has 3 heterocycles. The molecule has 0 spiro atoms. The van der Waals surface area contributed by atoms with Crippen molar-refractivity contribution >= 4 is 45.6 Å². The molecule has 0 aliphatic rings. The number of pyridine rings is 2. The number of Topliss-reactive ketones (excluding diaryl/α,β-unsaturated/α-hetero) is 1. The van der Waals surface area contributed by atoms with Crippen molar-refractivity contribution in [3.05, 3.63) is 72.2 Å². The Labute approximate surface area is 179 Å². The quantitative estimate of drug-likeness (QED) is 0.325. The third kappa shape index (κ3) is 4.23. The zero-order valence-electron chi connectivity index (χ0n) is 17.4. The van der Waals surface area contributed by atoms with Crippen molar-refractivity contribution in [2.24, 2.45) is 0 Å². The summed E-state index contributed by atoms with van der Waals surface area (Å²) in [7, 11) is 3.11. The van der Waals surface area contributed by atoms with E-state index in [2.05, 4.69) is 25.6 Å². The van der Waals surface area contributed by atoms with E-state index in [1.165, 1.54) is 4.90 Å². The van der Waals surface area contributed by atoms with Crippen molar-refractivity contribution in [1.29, 1.82) is 0 Å². The number of carbonyl (C=O) groups is 2. The first-order valence-corrected chi connectivity index (χ1v) is 9.71. The van der Waals surface area contributed by atoms with E-state index in [9.17, 15) is 9.59 Å². The number of anilines is 4. The highest BCUT2D eigenvalue weighted by molar-refractivity contribution is 6.44. The second-order valence-corrected chi connectivity index (χ2v) is 7.34. The van der Waals surface area contributed by atoms with Gasteiger partial charge in [0.05, 0.1) is 5.56 Å². The first-order valence-electron chi connectivity index (χ1n) is 9.71. The molecule has 0 fully saturated rings. The Bertz CT molecular complexity index is 1260. The highest BCUT2D eigenvalue weighted by Crippen LogP contribution is 2.27. The van der Waals surface area contributed by atoms with Crippen LogP contribution in [-0.4, -0.2) is 45.6 Å². The first-order chi connectivity index (χ1) is 14.9. The minimum atomic E-state index is -0.565. The molecule has 1 aromatic carbocycles. The maximum Gasteiger partial charge on any atom is 0.294 e. The maximum atomic E-state index is 12.5. The Balaban J connectivity index is 1.61. The number of likely N-dealkylation sites (N-methyl/N-ethyl adjacent to an activating group) is 1. The van der Waals surface area contributed by atoms with E-state index < -0.39 is 11.7 Å². The second-order valence-electron chi connectivity index (χ2n) is 7.34. The molecule has 0 bridgehead atoms. The van der Waals surface area contributed by atoms with E-state index in [4.69, 9.17) is 0 Å². The molecule has 0 saturated heterocycles. The van der Waals surface area contributed by atoms with Crippen LogP contribution in [0.2, 0.25) is 0 Å². The summed E-state index contributed by atoms with van der Waals surface area (Å²) >= 11 is 0. The molecule has 156 valence electrons. The standard InChI is InChI=1S/C23H22N6O2/c1-14-12-26-21(11-19(14)28-20-6-4-5-9-24-20)27-15-7-8-18-16(10-15)17(13-25-18)22(30)23(31)29(2)3/h4-13,25H,1-3H3,(H2,24,26,27,28). The summed E-state index contributed by atoms with van der Waals surface area (Å²) in [6.07, 6.45) is 5.06. The van der Waals surface area contributed by atoms with Gasteiger partial charge < -0.3 is 20.5 Å². The number of rotatable bonds is 6. The van der Waals surface area contributed by atoms with Crippen LogP contribution < -0.4 is 10.6 Å². The fourth-order valence-electron chi connectivity index (χ4n) is 3.15. The van der Waals surface area contributed by atoms with Crippen LogP contribution in [0.3, 0.4) is 0 Å². The number of aromatic nitrogens is 3. The lowest BCUT2D eigenvalue weighted by Crippen LogP contribution is -2.29. The SMILES string of the molecule is Cc1cnc(Nc2ccc3[nH]cc(C(=O)C(=O)N(C)C)c3c2)cc1Nc1ccccn1. The van der Waals surface area contributed by atoms with Crippen molar-refractivity contribution < 1.29 is 9.59 Å². The number of hydrogen-bond acceptors (Lipinski definition) is 6. The molecule has 8 heteroatoms. The number of ketones is 1. The highest BCUT2D eigenvalue weighted by atomic mass is 16.2. The predicted octanol–water partition coefficient (Wildman–Crippen LogP) is 4.02. The second kappa shape index (κ2) is 8.27. The van der Waals surface area contributed by atoms with E-state index >= 15 is 0 Å². The van der Waals surface area contributed by atoms with Crippen molar-refractivity contribution in [2.45, 2.75) is 6.92 Å². The zero-order valence-corrected chi connectivity index (χ0v) is 17.4. The Morgan fingerprint density at radius 1 is 1.00 bits per heavy atom. The van der Waals surface area contributed by atoms with E-state index in [-0.39, 0.29) is 0 Å². The van der Waals surface area contributed by atoms with Gasteiger partial charge in [0.25, 0.3) is 11.7 Å². The van der Waals surface area contributed by atoms with E-state index in [1.807, 2.05) is 49.4 Å². The van der Waals surface area contributed by atoms with E-state index in [1.54, 1.807) is 32.7 Å². The fourth-order valence-corrected chi connectivity index (χ4v) is 3.15. The number of benzene rings is 1. The summed E-state index contributed by atoms with van der Waals surface area (Å²) in [4.78, 5) is 37.7. The largest absolute Gasteiger partial charge is 0.360 e. The summed E-state index contributed by atoms with van der Waals surface area (Å²) in [6, 6.07) is 13.1. The third-order valence-electron chi connectivity index (χ3n) is 4.83. The molecule has 0 saturated carbocycles. The predicted molar refractivity (Wildman–Crippen MR) is 121 cm³/mol. The van der Waals surface area contributed by atoms with Gasteiger partial charge in [-0.3, -0.25) is 9.59 Å². The van der Waals surface area contributed by atoms with E-state index in [0.717, 1.165) is 28.3 Å². The van der Waals surface area contributed by atoms with Crippen LogP contribution in [0.1, 0.15) is 15.9 Å². The van der Waals surface area contributed by atoms with Crippen LogP contribution in [0.15, 0.2) is 61.1 Å². The third-order valence-corrected chi connectivity index (χ3v) is 4.83. The normalized spacial score (nSPS) is 10.7. The van der Waals surface area contributed by atoms with Crippen LogP contribution >= 0.6 is 0 Å². The fraction of sp³-hybridized carbons (Fsp3) is 0.130. The minimum Gasteiger partial charge on any atom is -0.360 e. The van der Waals surface area contributed by atoms with Gasteiger partial charge in [-0.15, -0.1) is 0 Å². The minimum absolute atomic E-state index is 0.340. The molecular weight excluding hydrogens is 392 g/mol. The number of nitrogens with zero attached hydrogens (tertiary/aromatic N) is 3. The van der Waals surface area contributed by atoms with Gasteiger partial charge in [0.1, 0.15) is 11.6 Å². The first kappa shape index (κ1) is 20.1. The van der Waals surface area contributed by atoms with Crippen LogP contribution in [0.4, 0.5) is 23.0 Å². The van der Waals surface area contributed by atoms with Crippen LogP contribution in [0, 0.1) is 6.92 Å². The van der Waals surface area contributed by atoms with Crippen molar-refractivity contribution in [3.8, 4) is 0 Å². The number of H-pyrrole nitrogens is 1. The summed E-state index contributed by atoms with van der Waals surface area (Å²) in [5, 5.41) is 7.22. The monoisotopic (exact) mass is 414 g/mol. The summed E-state index contributed by atoms with van der Waals surface area (Å²) in [5.41, 5.74) is 3.72. The Hall–Kier alpha value is -4.20. The number of hydrogen-bond donors (Lipinski definition) is 3. The molecule has 0 atom stereocenters. The molecule has 3 aromatic heterocycles. The van der Waals surface area contributed by atoms with Gasteiger partial charge in [-0.2, -0.15) is 0 Å². The topological polar surface area (TPSA) is 103 Å². The zero-order chi connectivity index (χ0) is 22.0. The molecular formula is C23H22N6O2. The van der Waals surface area contributed by atoms with Crippen molar-refractivity contribution in [2.75, 3.05) is 24.7 Å². The maximum absolute atomic E-state index is 12.5. The van der Waals surface area contributed by atoms with Gasteiger partial charge in [-0.25, -0.2) is 9.97 Å². The average molecular weight is 414 g/mol. The molecule has 8 nitrogen and oxygen atoms in total. The number of fused-ring (bicyclic) bond motifs is 1. The van der Waals surface area contributed by atoms with Gasteiger partial charge in [0.15, 0.2) is 0 Å². The molecule has 0 aliphatic heterocycles. The van der Waals surface area contributed by atoms with Gasteiger partial charge in [0.2, 0.25) is 0 Å². The molecule has 0 radical (unpaired) electrons. The summed E-state index contributed by atoms with van der Waals surface area (Å²) in [5.74, 6) is 0.259. The molecule has 0 unspecified atom stereocenters. The van der Waals surface area contributed by atoms with Gasteiger partial charge >= 0.3 is 0 Å². The lowest BCUT2D eigenvalue weighted by Gasteiger charge is -2.12. The van der Waals surface area contributed by atoms with E-state index in [0.29, 0.717) is 16.8 Å². The Kier molecular flexibility index (Phi) is 5.36. The molecule has 0 aliphatic carbocycles. The molecule has 31 heavy (non-hydrogen) atoms. The smallest absolute Gasteiger partial charge is 0.294 e. The van der Waals surface area contributed by atoms with Crippen molar-refractivity contribution in [3.63, 3.8) is 0 Å². The molecule has 4 aromatic rings. The summed E-state index contributed by atoms with van der Waals surface area (Å²) in [6.45, 7) is 1.97. The van der Waals surface area contributed by atoms with Gasteiger partial charge in [0, 0.05) is 61.0 Å². The van der Waals surface area contributed by atoms with Crippen LogP contribution in [-0.2, 0) is 4.79 Å². The number of nitrogens with one attached hydrogen (secondary N) is 3.